The largest absolute Gasteiger partial charge is 0.482 e. The van der Waals surface area contributed by atoms with Crippen LogP contribution in [0.15, 0.2) is 42.1 Å². The number of hydrogen-bond acceptors (Lipinski definition) is 4. The molecule has 2 heterocycles. The lowest BCUT2D eigenvalue weighted by molar-refractivity contribution is 0.149. The maximum absolute atomic E-state index is 11.0. The molecule has 2 aromatic rings. The van der Waals surface area contributed by atoms with E-state index in [4.69, 9.17) is 20.9 Å². The lowest BCUT2D eigenvalue weighted by Gasteiger charge is -2.34. The summed E-state index contributed by atoms with van der Waals surface area (Å²) in [4.78, 5) is 4.33. The number of nitriles is 1. The van der Waals surface area contributed by atoms with E-state index in [0.29, 0.717) is 38.9 Å². The van der Waals surface area contributed by atoms with Crippen LogP contribution in [-0.2, 0) is 11.3 Å². The Hall–Kier alpha value is -2.40. The predicted octanol–water partition coefficient (Wildman–Crippen LogP) is 3.78. The maximum atomic E-state index is 11.0. The first-order valence-corrected chi connectivity index (χ1v) is 8.78. The van der Waals surface area contributed by atoms with Crippen molar-refractivity contribution in [2.75, 3.05) is 4.72 Å². The fraction of sp³-hybridized carbons (Fsp3) is 0.176. The van der Waals surface area contributed by atoms with E-state index in [1.54, 1.807) is 44.2 Å². The van der Waals surface area contributed by atoms with Crippen LogP contribution in [0.2, 0.25) is 5.02 Å². The van der Waals surface area contributed by atoms with Gasteiger partial charge in [0, 0.05) is 23.4 Å². The first-order chi connectivity index (χ1) is 11.8. The van der Waals surface area contributed by atoms with E-state index in [2.05, 4.69) is 15.8 Å². The highest BCUT2D eigenvalue weighted by Crippen LogP contribution is 2.44. The number of pyridine rings is 1. The number of ether oxygens (including phenoxy) is 1. The van der Waals surface area contributed by atoms with Gasteiger partial charge in [0.2, 0.25) is 0 Å². The maximum Gasteiger partial charge on any atom is 0.259 e. The fourth-order valence-electron chi connectivity index (χ4n) is 2.72. The van der Waals surface area contributed by atoms with Crippen molar-refractivity contribution in [1.29, 1.82) is 5.26 Å². The summed E-state index contributed by atoms with van der Waals surface area (Å²) in [5, 5.41) is 10.2. The van der Waals surface area contributed by atoms with Crippen LogP contribution >= 0.6 is 11.6 Å². The van der Waals surface area contributed by atoms with Gasteiger partial charge in [0.15, 0.2) is 0 Å². The lowest BCUT2D eigenvalue weighted by Crippen LogP contribution is -2.34. The number of rotatable bonds is 3. The lowest BCUT2D eigenvalue weighted by atomic mass is 9.85. The molecule has 0 bridgehead atoms. The van der Waals surface area contributed by atoms with Gasteiger partial charge < -0.3 is 4.74 Å². The second-order valence-electron chi connectivity index (χ2n) is 5.90. The van der Waals surface area contributed by atoms with E-state index in [9.17, 15) is 9.47 Å². The molecular formula is C17H14ClN3O3S. The minimum absolute atomic E-state index is 0.430. The number of fused-ring (bicyclic) bond motifs is 1. The van der Waals surface area contributed by atoms with Gasteiger partial charge in [-0.3, -0.25) is 14.3 Å². The standard InChI is InChI=1S/C17H14ClN3O3S/c1-17(2)13(8-19)16(14-6-3-10(18)9-20-14)12-5-4-11(21-25(22)23)7-15(12)24-17/h3-7,9,21H,1-2H3,(H,22,23). The molecular weight excluding hydrogens is 362 g/mol. The molecule has 2 N–H and O–H groups in total. The second-order valence-corrected chi connectivity index (χ2v) is 7.04. The molecule has 0 fully saturated rings. The topological polar surface area (TPSA) is 95.2 Å². The predicted molar refractivity (Wildman–Crippen MR) is 96.4 cm³/mol. The van der Waals surface area contributed by atoms with E-state index in [-0.39, 0.29) is 0 Å². The zero-order valence-electron chi connectivity index (χ0n) is 13.4. The van der Waals surface area contributed by atoms with Crippen molar-refractivity contribution < 1.29 is 13.5 Å². The van der Waals surface area contributed by atoms with Crippen molar-refractivity contribution in [3.05, 3.63) is 58.4 Å². The number of nitrogens with zero attached hydrogens (tertiary/aromatic N) is 2. The molecule has 128 valence electrons. The minimum Gasteiger partial charge on any atom is -0.482 e. The van der Waals surface area contributed by atoms with Gasteiger partial charge in [-0.1, -0.05) is 11.6 Å². The van der Waals surface area contributed by atoms with Crippen molar-refractivity contribution in [2.24, 2.45) is 0 Å². The summed E-state index contributed by atoms with van der Waals surface area (Å²) in [6, 6.07) is 10.7. The molecule has 1 aliphatic heterocycles. The Labute approximate surface area is 152 Å². The quantitative estimate of drug-likeness (QED) is 0.796. The fourth-order valence-corrected chi connectivity index (χ4v) is 3.16. The van der Waals surface area contributed by atoms with Crippen molar-refractivity contribution >= 4 is 34.1 Å². The summed E-state index contributed by atoms with van der Waals surface area (Å²) in [5.74, 6) is 0.492. The Morgan fingerprint density at radius 1 is 1.36 bits per heavy atom. The number of anilines is 1. The third-order valence-corrected chi connectivity index (χ3v) is 4.40. The Bertz CT molecular complexity index is 933. The highest BCUT2D eigenvalue weighted by molar-refractivity contribution is 7.80. The van der Waals surface area contributed by atoms with Gasteiger partial charge in [-0.05, 0) is 38.1 Å². The van der Waals surface area contributed by atoms with E-state index in [1.165, 1.54) is 6.20 Å². The summed E-state index contributed by atoms with van der Waals surface area (Å²) in [5.41, 5.74) is 1.93. The number of nitrogens with one attached hydrogen (secondary N) is 1. The van der Waals surface area contributed by atoms with Crippen molar-refractivity contribution in [2.45, 2.75) is 19.4 Å². The van der Waals surface area contributed by atoms with Crippen LogP contribution in [0.5, 0.6) is 5.75 Å². The Balaban J connectivity index is 2.23. The number of benzene rings is 1. The van der Waals surface area contributed by atoms with Crippen LogP contribution in [0.4, 0.5) is 5.69 Å². The Morgan fingerprint density at radius 2 is 2.12 bits per heavy atom. The third-order valence-electron chi connectivity index (χ3n) is 3.77. The van der Waals surface area contributed by atoms with Gasteiger partial charge in [0.25, 0.3) is 11.3 Å². The first kappa shape index (κ1) is 17.4. The highest BCUT2D eigenvalue weighted by atomic mass is 35.5. The molecule has 0 aliphatic carbocycles. The third kappa shape index (κ3) is 3.37. The molecule has 0 saturated heterocycles. The Morgan fingerprint density at radius 3 is 2.72 bits per heavy atom. The van der Waals surface area contributed by atoms with E-state index < -0.39 is 16.9 Å². The van der Waals surface area contributed by atoms with Gasteiger partial charge in [-0.25, -0.2) is 4.21 Å². The van der Waals surface area contributed by atoms with Gasteiger partial charge in [0.1, 0.15) is 11.4 Å². The molecule has 0 saturated carbocycles. The van der Waals surface area contributed by atoms with Crippen LogP contribution in [0.3, 0.4) is 0 Å². The monoisotopic (exact) mass is 375 g/mol. The zero-order valence-corrected chi connectivity index (χ0v) is 15.0. The first-order valence-electron chi connectivity index (χ1n) is 7.29. The van der Waals surface area contributed by atoms with Crippen molar-refractivity contribution in [3.63, 3.8) is 0 Å². The van der Waals surface area contributed by atoms with Gasteiger partial charge in [0.05, 0.1) is 28.0 Å². The molecule has 6 nitrogen and oxygen atoms in total. The normalized spacial score (nSPS) is 16.4. The molecule has 1 aromatic carbocycles. The SMILES string of the molecule is CC1(C)Oc2cc(NS(=O)O)ccc2C(c2ccc(Cl)cn2)=C1C#N. The van der Waals surface area contributed by atoms with Crippen molar-refractivity contribution in [1.82, 2.24) is 4.98 Å². The summed E-state index contributed by atoms with van der Waals surface area (Å²) in [7, 11) is 0. The van der Waals surface area contributed by atoms with Gasteiger partial charge in [-0.2, -0.15) is 5.26 Å². The Kier molecular flexibility index (Phi) is 4.52. The minimum atomic E-state index is -2.19. The van der Waals surface area contributed by atoms with Crippen LogP contribution in [0, 0.1) is 11.3 Å². The number of aromatic nitrogens is 1. The van der Waals surface area contributed by atoms with E-state index in [1.807, 2.05) is 0 Å². The van der Waals surface area contributed by atoms with Crippen LogP contribution in [-0.4, -0.2) is 19.3 Å². The van der Waals surface area contributed by atoms with Gasteiger partial charge >= 0.3 is 0 Å². The van der Waals surface area contributed by atoms with Gasteiger partial charge in [-0.15, -0.1) is 0 Å². The summed E-state index contributed by atoms with van der Waals surface area (Å²) in [6.07, 6.45) is 1.52. The highest BCUT2D eigenvalue weighted by Gasteiger charge is 2.36. The average Bonchev–Trinajstić information content (AvgIpc) is 2.53. The van der Waals surface area contributed by atoms with E-state index >= 15 is 0 Å². The van der Waals surface area contributed by atoms with Crippen LogP contribution in [0.1, 0.15) is 25.1 Å². The molecule has 3 rings (SSSR count). The van der Waals surface area contributed by atoms with Crippen molar-refractivity contribution in [3.8, 4) is 11.8 Å². The van der Waals surface area contributed by atoms with Crippen LogP contribution in [0.25, 0.3) is 5.57 Å². The zero-order chi connectivity index (χ0) is 18.2. The molecule has 0 amide bonds. The molecule has 8 heteroatoms. The number of halogens is 1. The molecule has 1 aliphatic rings. The average molecular weight is 376 g/mol. The summed E-state index contributed by atoms with van der Waals surface area (Å²) >= 11 is 3.73. The summed E-state index contributed by atoms with van der Waals surface area (Å²) in [6.45, 7) is 3.57. The second kappa shape index (κ2) is 6.48. The molecule has 1 atom stereocenters. The molecule has 1 unspecified atom stereocenters. The molecule has 0 radical (unpaired) electrons. The summed E-state index contributed by atoms with van der Waals surface area (Å²) < 4.78 is 28.3. The molecule has 1 aromatic heterocycles. The smallest absolute Gasteiger partial charge is 0.259 e. The molecule has 0 spiro atoms. The number of hydrogen-bond donors (Lipinski definition) is 2. The van der Waals surface area contributed by atoms with E-state index in [0.717, 1.165) is 0 Å². The van der Waals surface area contributed by atoms with Crippen LogP contribution < -0.4 is 9.46 Å². The molecule has 25 heavy (non-hydrogen) atoms.